The van der Waals surface area contributed by atoms with E-state index in [0.717, 1.165) is 24.8 Å². The van der Waals surface area contributed by atoms with Crippen LogP contribution in [0.4, 0.5) is 0 Å². The lowest BCUT2D eigenvalue weighted by molar-refractivity contribution is -0.203. The molecule has 0 bridgehead atoms. The van der Waals surface area contributed by atoms with E-state index < -0.39 is 23.1 Å². The molecular weight excluding hydrogens is 396 g/mol. The molecule has 0 saturated heterocycles. The van der Waals surface area contributed by atoms with Crippen LogP contribution in [0.25, 0.3) is 0 Å². The fourth-order valence-electron chi connectivity index (χ4n) is 7.67. The zero-order valence-electron chi connectivity index (χ0n) is 19.0. The summed E-state index contributed by atoms with van der Waals surface area (Å²) in [4.78, 5) is 49.1. The molecule has 0 aromatic heterocycles. The van der Waals surface area contributed by atoms with E-state index >= 15 is 0 Å². The van der Waals surface area contributed by atoms with E-state index in [2.05, 4.69) is 6.92 Å². The van der Waals surface area contributed by atoms with E-state index in [1.807, 2.05) is 13.0 Å². The maximum absolute atomic E-state index is 12.9. The van der Waals surface area contributed by atoms with Crippen LogP contribution in [0.1, 0.15) is 66.7 Å². The van der Waals surface area contributed by atoms with Crippen LogP contribution in [0.3, 0.4) is 0 Å². The van der Waals surface area contributed by atoms with Crippen LogP contribution in [-0.2, 0) is 28.7 Å². The first-order valence-corrected chi connectivity index (χ1v) is 11.3. The summed E-state index contributed by atoms with van der Waals surface area (Å²) in [6.45, 7) is 8.43. The second-order valence-corrected chi connectivity index (χ2v) is 10.3. The van der Waals surface area contributed by atoms with Crippen molar-refractivity contribution < 1.29 is 28.7 Å². The molecule has 0 aliphatic heterocycles. The number of carbonyl (C=O) groups is 4. The lowest BCUT2D eigenvalue weighted by atomic mass is 9.46. The second-order valence-electron chi connectivity index (χ2n) is 10.3. The fourth-order valence-corrected chi connectivity index (χ4v) is 7.67. The molecule has 31 heavy (non-hydrogen) atoms. The lowest BCUT2D eigenvalue weighted by Gasteiger charge is -2.60. The summed E-state index contributed by atoms with van der Waals surface area (Å²) in [6, 6.07) is 0. The van der Waals surface area contributed by atoms with Crippen LogP contribution < -0.4 is 0 Å². The largest absolute Gasteiger partial charge is 0.462 e. The number of esters is 2. The number of hydrogen-bond donors (Lipinski definition) is 0. The standard InChI is InChI=1S/C25H32O6/c1-14(26)25(31-16(3)28)11-9-20-19-7-6-17-12-18(29)8-10-23(17,4)22(19)21(30-15(2)27)13-24(20,25)5/h8,10,12,19-22H,6-7,9,11,13H2,1-5H3/t19-,20-,21-,22+,23-,24-,25-/m0/s1. The van der Waals surface area contributed by atoms with Crippen LogP contribution in [-0.4, -0.2) is 35.2 Å². The Morgan fingerprint density at radius 2 is 1.77 bits per heavy atom. The highest BCUT2D eigenvalue weighted by molar-refractivity contribution is 6.01. The van der Waals surface area contributed by atoms with Gasteiger partial charge in [0.15, 0.2) is 17.2 Å². The Morgan fingerprint density at radius 1 is 1.06 bits per heavy atom. The molecule has 4 aliphatic carbocycles. The molecule has 4 rings (SSSR count). The molecule has 0 aromatic rings. The van der Waals surface area contributed by atoms with Crippen LogP contribution in [0, 0.1) is 28.6 Å². The average molecular weight is 429 g/mol. The number of Topliss-reactive ketones (excluding diaryl/α,β-unsaturated/α-hetero) is 1. The van der Waals surface area contributed by atoms with Gasteiger partial charge in [-0.05, 0) is 63.0 Å². The molecule has 0 aromatic carbocycles. The highest BCUT2D eigenvalue weighted by Gasteiger charge is 2.70. The number of rotatable bonds is 3. The van der Waals surface area contributed by atoms with E-state index in [9.17, 15) is 19.2 Å². The molecule has 4 aliphatic rings. The fraction of sp³-hybridized carbons (Fsp3) is 0.680. The molecule has 0 radical (unpaired) electrons. The Morgan fingerprint density at radius 3 is 2.39 bits per heavy atom. The van der Waals surface area contributed by atoms with Gasteiger partial charge in [0.25, 0.3) is 0 Å². The van der Waals surface area contributed by atoms with Crippen molar-refractivity contribution in [2.75, 3.05) is 0 Å². The normalized spacial score (nSPS) is 43.3. The van der Waals surface area contributed by atoms with E-state index in [1.165, 1.54) is 20.8 Å². The molecule has 0 spiro atoms. The Hall–Kier alpha value is -2.24. The number of carbonyl (C=O) groups excluding carboxylic acids is 4. The van der Waals surface area contributed by atoms with E-state index in [-0.39, 0.29) is 40.7 Å². The van der Waals surface area contributed by atoms with Gasteiger partial charge in [0.1, 0.15) is 6.10 Å². The van der Waals surface area contributed by atoms with Gasteiger partial charge in [-0.25, -0.2) is 0 Å². The maximum Gasteiger partial charge on any atom is 0.303 e. The smallest absolute Gasteiger partial charge is 0.303 e. The van der Waals surface area contributed by atoms with Crippen molar-refractivity contribution in [2.24, 2.45) is 28.6 Å². The van der Waals surface area contributed by atoms with Crippen molar-refractivity contribution >= 4 is 23.5 Å². The number of fused-ring (bicyclic) bond motifs is 5. The summed E-state index contributed by atoms with van der Waals surface area (Å²) >= 11 is 0. The molecule has 0 amide bonds. The van der Waals surface area contributed by atoms with Gasteiger partial charge in [0.05, 0.1) is 0 Å². The number of hydrogen-bond acceptors (Lipinski definition) is 6. The molecular formula is C25H32O6. The molecule has 0 N–H and O–H groups in total. The Labute approximate surface area is 183 Å². The first-order chi connectivity index (χ1) is 14.4. The summed E-state index contributed by atoms with van der Waals surface area (Å²) in [5, 5.41) is 0. The third-order valence-corrected chi connectivity index (χ3v) is 8.80. The van der Waals surface area contributed by atoms with E-state index in [4.69, 9.17) is 9.47 Å². The number of ether oxygens (including phenoxy) is 2. The zero-order chi connectivity index (χ0) is 22.8. The second kappa shape index (κ2) is 7.14. The summed E-state index contributed by atoms with van der Waals surface area (Å²) < 4.78 is 11.7. The van der Waals surface area contributed by atoms with Crippen molar-refractivity contribution in [2.45, 2.75) is 78.4 Å². The predicted octanol–water partition coefficient (Wildman–Crippen LogP) is 3.73. The predicted molar refractivity (Wildman–Crippen MR) is 113 cm³/mol. The van der Waals surface area contributed by atoms with Crippen LogP contribution >= 0.6 is 0 Å². The molecule has 6 heteroatoms. The molecule has 0 heterocycles. The lowest BCUT2D eigenvalue weighted by Crippen LogP contribution is -2.62. The SMILES string of the molecule is CC(=O)O[C@H]1C[C@@]2(C)[C@@H](CC[C@]2(OC(C)=O)C(C)=O)[C@@H]2CCC3=CC(=O)C=C[C@]3(C)[C@H]21. The number of ketones is 2. The van der Waals surface area contributed by atoms with Crippen molar-refractivity contribution in [1.29, 1.82) is 0 Å². The summed E-state index contributed by atoms with van der Waals surface area (Å²) in [5.74, 6) is -0.589. The van der Waals surface area contributed by atoms with E-state index in [0.29, 0.717) is 12.8 Å². The molecule has 168 valence electrons. The molecule has 0 unspecified atom stereocenters. The van der Waals surface area contributed by atoms with Gasteiger partial charge in [0.2, 0.25) is 0 Å². The maximum atomic E-state index is 12.9. The van der Waals surface area contributed by atoms with Crippen molar-refractivity contribution in [3.63, 3.8) is 0 Å². The minimum absolute atomic E-state index is 0.00179. The minimum atomic E-state index is -1.19. The Kier molecular flexibility index (Phi) is 5.06. The third-order valence-electron chi connectivity index (χ3n) is 8.80. The van der Waals surface area contributed by atoms with Gasteiger partial charge >= 0.3 is 11.9 Å². The average Bonchev–Trinajstić information content (AvgIpc) is 2.94. The van der Waals surface area contributed by atoms with Crippen molar-refractivity contribution in [1.82, 2.24) is 0 Å². The van der Waals surface area contributed by atoms with Gasteiger partial charge in [-0.1, -0.05) is 25.5 Å². The van der Waals surface area contributed by atoms with Crippen molar-refractivity contribution in [3.8, 4) is 0 Å². The summed E-state index contributed by atoms with van der Waals surface area (Å²) in [6.07, 6.45) is 8.31. The zero-order valence-corrected chi connectivity index (χ0v) is 19.0. The van der Waals surface area contributed by atoms with Gasteiger partial charge in [-0.15, -0.1) is 0 Å². The highest BCUT2D eigenvalue weighted by Crippen LogP contribution is 2.68. The quantitative estimate of drug-likeness (QED) is 0.637. The monoisotopic (exact) mass is 428 g/mol. The topological polar surface area (TPSA) is 86.7 Å². The van der Waals surface area contributed by atoms with Crippen LogP contribution in [0.2, 0.25) is 0 Å². The minimum Gasteiger partial charge on any atom is -0.462 e. The molecule has 7 atom stereocenters. The molecule has 3 saturated carbocycles. The summed E-state index contributed by atoms with van der Waals surface area (Å²) in [7, 11) is 0. The Balaban J connectivity index is 1.83. The van der Waals surface area contributed by atoms with Crippen LogP contribution in [0.15, 0.2) is 23.8 Å². The third kappa shape index (κ3) is 3.05. The summed E-state index contributed by atoms with van der Waals surface area (Å²) in [5.41, 5.74) is -1.08. The van der Waals surface area contributed by atoms with Gasteiger partial charge in [-0.2, -0.15) is 0 Å². The Bertz CT molecular complexity index is 915. The number of allylic oxidation sites excluding steroid dienone is 4. The first-order valence-electron chi connectivity index (χ1n) is 11.3. The van der Waals surface area contributed by atoms with Gasteiger partial charge in [0, 0.05) is 30.6 Å². The van der Waals surface area contributed by atoms with Gasteiger partial charge in [-0.3, -0.25) is 19.2 Å². The van der Waals surface area contributed by atoms with E-state index in [1.54, 1.807) is 12.2 Å². The van der Waals surface area contributed by atoms with Crippen molar-refractivity contribution in [3.05, 3.63) is 23.8 Å². The highest BCUT2D eigenvalue weighted by atomic mass is 16.6. The van der Waals surface area contributed by atoms with Gasteiger partial charge < -0.3 is 9.47 Å². The van der Waals surface area contributed by atoms with Crippen LogP contribution in [0.5, 0.6) is 0 Å². The molecule has 6 nitrogen and oxygen atoms in total. The molecule has 3 fully saturated rings. The first kappa shape index (κ1) is 22.0.